The third-order valence-corrected chi connectivity index (χ3v) is 6.19. The van der Waals surface area contributed by atoms with Crippen molar-refractivity contribution in [3.8, 4) is 28.5 Å². The van der Waals surface area contributed by atoms with Crippen LogP contribution in [0, 0.1) is 0 Å². The van der Waals surface area contributed by atoms with E-state index < -0.39 is 0 Å². The maximum atomic E-state index is 5.69. The molecule has 0 unspecified atom stereocenters. The van der Waals surface area contributed by atoms with E-state index in [9.17, 15) is 0 Å². The normalized spacial score (nSPS) is 11.9. The van der Waals surface area contributed by atoms with E-state index in [4.69, 9.17) is 14.2 Å². The number of unbranched alkanes of at least 4 members (excludes halogenated alkanes) is 3. The molecule has 0 radical (unpaired) electrons. The zero-order valence-corrected chi connectivity index (χ0v) is 20.2. The molecule has 6 heteroatoms. The van der Waals surface area contributed by atoms with E-state index in [0.29, 0.717) is 0 Å². The summed E-state index contributed by atoms with van der Waals surface area (Å²) in [5, 5.41) is 6.05. The lowest BCUT2D eigenvalue weighted by atomic mass is 9.95. The monoisotopic (exact) mass is 456 g/mol. The summed E-state index contributed by atoms with van der Waals surface area (Å²) in [6.07, 6.45) is 8.18. The van der Waals surface area contributed by atoms with E-state index in [-0.39, 0.29) is 12.4 Å². The number of hydrogen-bond donors (Lipinski definition) is 1. The van der Waals surface area contributed by atoms with Crippen molar-refractivity contribution in [1.29, 1.82) is 0 Å². The molecule has 1 N–H and O–H groups in total. The van der Waals surface area contributed by atoms with E-state index >= 15 is 0 Å². The van der Waals surface area contributed by atoms with Gasteiger partial charge in [-0.2, -0.15) is 4.57 Å². The Morgan fingerprint density at radius 1 is 0.906 bits per heavy atom. The van der Waals surface area contributed by atoms with Crippen molar-refractivity contribution >= 4 is 16.5 Å². The molecular formula is C26H33ClN2O3. The van der Waals surface area contributed by atoms with Gasteiger partial charge in [-0.15, -0.1) is 0 Å². The lowest BCUT2D eigenvalue weighted by Crippen LogP contribution is -3.00. The Balaban J connectivity index is 0.00000289. The van der Waals surface area contributed by atoms with Gasteiger partial charge in [0.25, 0.3) is 0 Å². The highest BCUT2D eigenvalue weighted by Crippen LogP contribution is 2.39. The molecule has 0 saturated carbocycles. The summed E-state index contributed by atoms with van der Waals surface area (Å²) >= 11 is 0. The second kappa shape index (κ2) is 10.8. The van der Waals surface area contributed by atoms with Gasteiger partial charge in [0.15, 0.2) is 24.2 Å². The summed E-state index contributed by atoms with van der Waals surface area (Å²) in [7, 11) is 5.12. The number of halogens is 1. The van der Waals surface area contributed by atoms with Crippen LogP contribution < -0.4 is 36.5 Å². The fourth-order valence-corrected chi connectivity index (χ4v) is 4.48. The molecule has 4 rings (SSSR count). The Kier molecular flexibility index (Phi) is 8.08. The zero-order chi connectivity index (χ0) is 21.8. The second-order valence-electron chi connectivity index (χ2n) is 8.10. The van der Waals surface area contributed by atoms with Crippen LogP contribution in [0.5, 0.6) is 17.2 Å². The van der Waals surface area contributed by atoms with Gasteiger partial charge >= 0.3 is 0 Å². The first-order valence-electron chi connectivity index (χ1n) is 11.2. The van der Waals surface area contributed by atoms with Crippen LogP contribution in [0.4, 0.5) is 5.69 Å². The SMILES string of the molecule is CCCCCCNc1c(OC)ccc2cc3[n+](cc12)CCc1cc(OC)c(OC)cc1-3.[Cl-]. The van der Waals surface area contributed by atoms with Crippen LogP contribution in [-0.2, 0) is 13.0 Å². The first-order chi connectivity index (χ1) is 15.2. The summed E-state index contributed by atoms with van der Waals surface area (Å²) < 4.78 is 19.1. The van der Waals surface area contributed by atoms with Crippen molar-refractivity contribution in [2.24, 2.45) is 0 Å². The largest absolute Gasteiger partial charge is 1.00 e. The van der Waals surface area contributed by atoms with Gasteiger partial charge in [0.05, 0.1) is 38.0 Å². The second-order valence-corrected chi connectivity index (χ2v) is 8.10. The molecule has 3 aromatic rings. The van der Waals surface area contributed by atoms with Crippen molar-refractivity contribution in [3.05, 3.63) is 42.1 Å². The molecule has 0 atom stereocenters. The van der Waals surface area contributed by atoms with E-state index in [1.807, 2.05) is 0 Å². The number of pyridine rings is 1. The highest BCUT2D eigenvalue weighted by Gasteiger charge is 2.27. The zero-order valence-electron chi connectivity index (χ0n) is 19.5. The average molecular weight is 457 g/mol. The molecule has 0 aliphatic carbocycles. The smallest absolute Gasteiger partial charge is 0.213 e. The quantitative estimate of drug-likeness (QED) is 0.396. The van der Waals surface area contributed by atoms with Crippen LogP contribution in [0.3, 0.4) is 0 Å². The molecule has 0 saturated heterocycles. The lowest BCUT2D eigenvalue weighted by Gasteiger charge is -2.19. The highest BCUT2D eigenvalue weighted by molar-refractivity contribution is 5.97. The minimum atomic E-state index is 0. The minimum Gasteiger partial charge on any atom is -1.00 e. The summed E-state index contributed by atoms with van der Waals surface area (Å²) in [5.74, 6) is 2.44. The number of fused-ring (bicyclic) bond motifs is 4. The van der Waals surface area contributed by atoms with Crippen LogP contribution in [0.2, 0.25) is 0 Å². The average Bonchev–Trinajstić information content (AvgIpc) is 2.81. The van der Waals surface area contributed by atoms with Crippen LogP contribution in [0.25, 0.3) is 22.0 Å². The van der Waals surface area contributed by atoms with Crippen LogP contribution >= 0.6 is 0 Å². The number of hydrogen-bond acceptors (Lipinski definition) is 4. The van der Waals surface area contributed by atoms with Gasteiger partial charge in [-0.05, 0) is 35.6 Å². The van der Waals surface area contributed by atoms with E-state index in [1.54, 1.807) is 21.3 Å². The number of rotatable bonds is 9. The first-order valence-corrected chi connectivity index (χ1v) is 11.2. The van der Waals surface area contributed by atoms with Crippen molar-refractivity contribution in [2.75, 3.05) is 33.2 Å². The van der Waals surface area contributed by atoms with Crippen molar-refractivity contribution in [3.63, 3.8) is 0 Å². The van der Waals surface area contributed by atoms with Crippen LogP contribution in [0.15, 0.2) is 36.5 Å². The lowest BCUT2D eigenvalue weighted by molar-refractivity contribution is -0.686. The van der Waals surface area contributed by atoms with Gasteiger partial charge in [0, 0.05) is 19.0 Å². The molecule has 2 aromatic carbocycles. The molecule has 1 aliphatic heterocycles. The maximum Gasteiger partial charge on any atom is 0.213 e. The molecule has 32 heavy (non-hydrogen) atoms. The third kappa shape index (κ3) is 4.58. The van der Waals surface area contributed by atoms with E-state index in [0.717, 1.165) is 42.4 Å². The van der Waals surface area contributed by atoms with Gasteiger partial charge in [-0.3, -0.25) is 0 Å². The molecule has 0 amide bonds. The van der Waals surface area contributed by atoms with Gasteiger partial charge in [0.1, 0.15) is 5.75 Å². The number of anilines is 1. The Bertz CT molecular complexity index is 1080. The van der Waals surface area contributed by atoms with Gasteiger partial charge < -0.3 is 31.9 Å². The number of nitrogens with zero attached hydrogens (tertiary/aromatic N) is 1. The Morgan fingerprint density at radius 3 is 2.38 bits per heavy atom. The molecule has 1 aliphatic rings. The molecule has 2 heterocycles. The number of nitrogens with one attached hydrogen (secondary N) is 1. The van der Waals surface area contributed by atoms with E-state index in [2.05, 4.69) is 53.3 Å². The Morgan fingerprint density at radius 2 is 1.66 bits per heavy atom. The van der Waals surface area contributed by atoms with Crippen LogP contribution in [0.1, 0.15) is 38.2 Å². The highest BCUT2D eigenvalue weighted by atomic mass is 35.5. The van der Waals surface area contributed by atoms with Crippen molar-refractivity contribution in [1.82, 2.24) is 0 Å². The number of ether oxygens (including phenoxy) is 3. The topological polar surface area (TPSA) is 43.6 Å². The molecule has 1 aromatic heterocycles. The summed E-state index contributed by atoms with van der Waals surface area (Å²) in [4.78, 5) is 0. The number of aryl methyl sites for hydroxylation is 2. The fourth-order valence-electron chi connectivity index (χ4n) is 4.48. The molecule has 0 bridgehead atoms. The molecule has 172 valence electrons. The van der Waals surface area contributed by atoms with E-state index in [1.165, 1.54) is 53.3 Å². The van der Waals surface area contributed by atoms with Crippen LogP contribution in [-0.4, -0.2) is 27.9 Å². The molecule has 5 nitrogen and oxygen atoms in total. The molecular weight excluding hydrogens is 424 g/mol. The van der Waals surface area contributed by atoms with Crippen molar-refractivity contribution in [2.45, 2.75) is 45.6 Å². The van der Waals surface area contributed by atoms with Gasteiger partial charge in [0.2, 0.25) is 5.69 Å². The van der Waals surface area contributed by atoms with Gasteiger partial charge in [-0.25, -0.2) is 0 Å². The van der Waals surface area contributed by atoms with Crippen molar-refractivity contribution < 1.29 is 31.2 Å². The maximum absolute atomic E-state index is 5.69. The number of methoxy groups -OCH3 is 3. The summed E-state index contributed by atoms with van der Waals surface area (Å²) in [5.41, 5.74) is 4.79. The summed E-state index contributed by atoms with van der Waals surface area (Å²) in [6, 6.07) is 10.7. The predicted octanol–water partition coefficient (Wildman–Crippen LogP) is 2.37. The van der Waals surface area contributed by atoms with Gasteiger partial charge in [-0.1, -0.05) is 32.3 Å². The molecule has 0 fully saturated rings. The Labute approximate surface area is 197 Å². The molecule has 0 spiro atoms. The first kappa shape index (κ1) is 24.0. The minimum absolute atomic E-state index is 0. The summed E-state index contributed by atoms with van der Waals surface area (Å²) in [6.45, 7) is 4.13. The fraction of sp³-hybridized carbons (Fsp3) is 0.423. The number of benzene rings is 2. The predicted molar refractivity (Wildman–Crippen MR) is 126 cm³/mol. The number of aromatic nitrogens is 1. The Hall–Kier alpha value is -2.66. The standard InChI is InChI=1S/C26H32N2O3.ClH/c1-5-6-7-8-12-27-26-21-17-28-13-11-19-15-24(30-3)25(31-4)16-20(19)22(28)14-18(21)9-10-23(26)29-2;/h9-10,14-17H,5-8,11-13H2,1-4H3;1H. The third-order valence-electron chi connectivity index (χ3n) is 6.19.